The van der Waals surface area contributed by atoms with Crippen LogP contribution in [0.15, 0.2) is 70.4 Å². The van der Waals surface area contributed by atoms with Crippen LogP contribution < -0.4 is 5.56 Å². The van der Waals surface area contributed by atoms with E-state index in [-0.39, 0.29) is 11.1 Å². The molecule has 3 aromatic rings. The molecule has 0 aliphatic carbocycles. The standard InChI is InChI=1S/C21H18N2OS/c1-15-7-6-8-16(11-15)14-23-19(17-9-4-3-5-10-17)12-20(25-2)18(13-22)21(23)24/h3-12H,14H2,1-2H3. The molecule has 0 radical (unpaired) electrons. The Bertz CT molecular complexity index is 1000. The highest BCUT2D eigenvalue weighted by atomic mass is 32.2. The van der Waals surface area contributed by atoms with Crippen LogP contribution >= 0.6 is 11.8 Å². The van der Waals surface area contributed by atoms with Crippen molar-refractivity contribution < 1.29 is 0 Å². The van der Waals surface area contributed by atoms with Crippen molar-refractivity contribution in [2.75, 3.05) is 6.26 Å². The van der Waals surface area contributed by atoms with Crippen molar-refractivity contribution >= 4 is 11.8 Å². The number of hydrogen-bond acceptors (Lipinski definition) is 3. The van der Waals surface area contributed by atoms with E-state index in [0.717, 1.165) is 22.4 Å². The highest BCUT2D eigenvalue weighted by Gasteiger charge is 2.15. The first-order valence-electron chi connectivity index (χ1n) is 7.97. The van der Waals surface area contributed by atoms with Gasteiger partial charge in [0.2, 0.25) is 0 Å². The maximum absolute atomic E-state index is 13.0. The lowest BCUT2D eigenvalue weighted by Crippen LogP contribution is -2.25. The molecule has 25 heavy (non-hydrogen) atoms. The maximum atomic E-state index is 13.0. The fraction of sp³-hybridized carbons (Fsp3) is 0.143. The fourth-order valence-corrected chi connectivity index (χ4v) is 3.45. The summed E-state index contributed by atoms with van der Waals surface area (Å²) in [5.41, 5.74) is 3.95. The van der Waals surface area contributed by atoms with Crippen LogP contribution in [0, 0.1) is 18.3 Å². The molecule has 4 heteroatoms. The van der Waals surface area contributed by atoms with Crippen LogP contribution in [0.2, 0.25) is 0 Å². The smallest absolute Gasteiger partial charge is 0.270 e. The van der Waals surface area contributed by atoms with Crippen molar-refractivity contribution in [1.82, 2.24) is 4.57 Å². The van der Waals surface area contributed by atoms with Gasteiger partial charge in [0.25, 0.3) is 5.56 Å². The van der Waals surface area contributed by atoms with E-state index in [9.17, 15) is 10.1 Å². The second-order valence-corrected chi connectivity index (χ2v) is 6.68. The Morgan fingerprint density at radius 1 is 1.08 bits per heavy atom. The Labute approximate surface area is 151 Å². The molecule has 0 saturated heterocycles. The zero-order valence-corrected chi connectivity index (χ0v) is 15.0. The number of thioether (sulfide) groups is 1. The number of nitriles is 1. The van der Waals surface area contributed by atoms with Crippen molar-refractivity contribution in [3.05, 3.63) is 87.7 Å². The van der Waals surface area contributed by atoms with E-state index in [1.165, 1.54) is 11.8 Å². The maximum Gasteiger partial charge on any atom is 0.270 e. The fourth-order valence-electron chi connectivity index (χ4n) is 2.89. The van der Waals surface area contributed by atoms with E-state index in [0.29, 0.717) is 11.4 Å². The summed E-state index contributed by atoms with van der Waals surface area (Å²) in [6.45, 7) is 2.47. The second-order valence-electron chi connectivity index (χ2n) is 5.83. The number of aryl methyl sites for hydroxylation is 1. The number of pyridine rings is 1. The Balaban J connectivity index is 2.24. The third-order valence-electron chi connectivity index (χ3n) is 4.09. The third kappa shape index (κ3) is 3.52. The lowest BCUT2D eigenvalue weighted by Gasteiger charge is -2.16. The van der Waals surface area contributed by atoms with E-state index in [2.05, 4.69) is 12.1 Å². The molecule has 0 amide bonds. The quantitative estimate of drug-likeness (QED) is 0.655. The Morgan fingerprint density at radius 3 is 2.48 bits per heavy atom. The molecule has 0 spiro atoms. The van der Waals surface area contributed by atoms with Gasteiger partial charge in [0.15, 0.2) is 0 Å². The van der Waals surface area contributed by atoms with Crippen molar-refractivity contribution in [1.29, 1.82) is 5.26 Å². The monoisotopic (exact) mass is 346 g/mol. The van der Waals surface area contributed by atoms with Gasteiger partial charge in [-0.3, -0.25) is 4.79 Å². The van der Waals surface area contributed by atoms with Gasteiger partial charge in [-0.1, -0.05) is 60.2 Å². The average molecular weight is 346 g/mol. The predicted octanol–water partition coefficient (Wildman–Crippen LogP) is 4.47. The molecule has 0 N–H and O–H groups in total. The molecule has 3 rings (SSSR count). The summed E-state index contributed by atoms with van der Waals surface area (Å²) in [7, 11) is 0. The van der Waals surface area contributed by atoms with Gasteiger partial charge in [-0.05, 0) is 30.4 Å². The van der Waals surface area contributed by atoms with E-state index < -0.39 is 0 Å². The minimum absolute atomic E-state index is 0.208. The van der Waals surface area contributed by atoms with Gasteiger partial charge in [0.05, 0.1) is 12.2 Å². The molecule has 124 valence electrons. The first-order valence-corrected chi connectivity index (χ1v) is 9.19. The average Bonchev–Trinajstić information content (AvgIpc) is 2.63. The number of benzene rings is 2. The van der Waals surface area contributed by atoms with Crippen LogP contribution in [0.1, 0.15) is 16.7 Å². The topological polar surface area (TPSA) is 45.8 Å². The van der Waals surface area contributed by atoms with Crippen LogP contribution in [0.5, 0.6) is 0 Å². The minimum Gasteiger partial charge on any atom is -0.303 e. The lowest BCUT2D eigenvalue weighted by molar-refractivity contribution is 0.758. The van der Waals surface area contributed by atoms with Crippen molar-refractivity contribution in [2.24, 2.45) is 0 Å². The van der Waals surface area contributed by atoms with Crippen molar-refractivity contribution in [3.8, 4) is 17.3 Å². The zero-order valence-electron chi connectivity index (χ0n) is 14.2. The second kappa shape index (κ2) is 7.42. The molecule has 0 aliphatic rings. The molecule has 0 bridgehead atoms. The zero-order chi connectivity index (χ0) is 17.8. The molecule has 2 aromatic carbocycles. The van der Waals surface area contributed by atoms with E-state index in [1.54, 1.807) is 4.57 Å². The number of aromatic nitrogens is 1. The molecular formula is C21H18N2OS. The highest BCUT2D eigenvalue weighted by molar-refractivity contribution is 7.98. The third-order valence-corrected chi connectivity index (χ3v) is 4.85. The molecule has 0 unspecified atom stereocenters. The summed E-state index contributed by atoms with van der Waals surface area (Å²) < 4.78 is 1.70. The van der Waals surface area contributed by atoms with Crippen LogP contribution in [0.4, 0.5) is 0 Å². The molecular weight excluding hydrogens is 328 g/mol. The molecule has 0 aliphatic heterocycles. The molecule has 1 aromatic heterocycles. The summed E-state index contributed by atoms with van der Waals surface area (Å²) in [6, 6.07) is 21.9. The molecule has 0 saturated carbocycles. The van der Waals surface area contributed by atoms with Crippen LogP contribution in [-0.2, 0) is 6.54 Å². The van der Waals surface area contributed by atoms with Gasteiger partial charge < -0.3 is 4.57 Å². The van der Waals surface area contributed by atoms with Crippen molar-refractivity contribution in [2.45, 2.75) is 18.4 Å². The Morgan fingerprint density at radius 2 is 1.84 bits per heavy atom. The van der Waals surface area contributed by atoms with E-state index in [4.69, 9.17) is 0 Å². The normalized spacial score (nSPS) is 10.4. The van der Waals surface area contributed by atoms with Gasteiger partial charge >= 0.3 is 0 Å². The number of rotatable bonds is 4. The Hall–Kier alpha value is -2.77. The van der Waals surface area contributed by atoms with Gasteiger partial charge in [0.1, 0.15) is 11.6 Å². The summed E-state index contributed by atoms with van der Waals surface area (Å²) >= 11 is 1.42. The molecule has 1 heterocycles. The van der Waals surface area contributed by atoms with Crippen LogP contribution in [-0.4, -0.2) is 10.8 Å². The molecule has 0 atom stereocenters. The predicted molar refractivity (Wildman–Crippen MR) is 103 cm³/mol. The number of nitrogens with zero attached hydrogens (tertiary/aromatic N) is 2. The molecule has 3 nitrogen and oxygen atoms in total. The first-order chi connectivity index (χ1) is 12.1. The Kier molecular flexibility index (Phi) is 5.06. The van der Waals surface area contributed by atoms with Gasteiger partial charge in [0, 0.05) is 4.90 Å². The van der Waals surface area contributed by atoms with Crippen LogP contribution in [0.3, 0.4) is 0 Å². The largest absolute Gasteiger partial charge is 0.303 e. The van der Waals surface area contributed by atoms with E-state index >= 15 is 0 Å². The summed E-state index contributed by atoms with van der Waals surface area (Å²) in [4.78, 5) is 13.7. The minimum atomic E-state index is -0.241. The molecule has 0 fully saturated rings. The van der Waals surface area contributed by atoms with E-state index in [1.807, 2.05) is 67.8 Å². The van der Waals surface area contributed by atoms with Crippen molar-refractivity contribution in [3.63, 3.8) is 0 Å². The lowest BCUT2D eigenvalue weighted by atomic mass is 10.1. The van der Waals surface area contributed by atoms with Gasteiger partial charge in [-0.2, -0.15) is 5.26 Å². The first kappa shape index (κ1) is 17.1. The summed E-state index contributed by atoms with van der Waals surface area (Å²) in [6.07, 6.45) is 1.88. The van der Waals surface area contributed by atoms with Gasteiger partial charge in [-0.15, -0.1) is 11.8 Å². The SMILES string of the molecule is CSc1cc(-c2ccccc2)n(Cc2cccc(C)c2)c(=O)c1C#N. The summed E-state index contributed by atoms with van der Waals surface area (Å²) in [5.74, 6) is 0. The highest BCUT2D eigenvalue weighted by Crippen LogP contribution is 2.26. The van der Waals surface area contributed by atoms with Crippen LogP contribution in [0.25, 0.3) is 11.3 Å². The van der Waals surface area contributed by atoms with Gasteiger partial charge in [-0.25, -0.2) is 0 Å². The number of hydrogen-bond donors (Lipinski definition) is 0. The summed E-state index contributed by atoms with van der Waals surface area (Å²) in [5, 5.41) is 9.45.